The van der Waals surface area contributed by atoms with Gasteiger partial charge in [0.2, 0.25) is 0 Å². The zero-order valence-electron chi connectivity index (χ0n) is 10.9. The summed E-state index contributed by atoms with van der Waals surface area (Å²) in [5.74, 6) is 0.719. The Hall–Kier alpha value is -0.430. The summed E-state index contributed by atoms with van der Waals surface area (Å²) in [6, 6.07) is 0. The van der Waals surface area contributed by atoms with E-state index >= 15 is 0 Å². The summed E-state index contributed by atoms with van der Waals surface area (Å²) in [5, 5.41) is 0. The van der Waals surface area contributed by atoms with Crippen molar-refractivity contribution in [3.63, 3.8) is 0 Å². The number of hydrogen-bond donors (Lipinski definition) is 1. The summed E-state index contributed by atoms with van der Waals surface area (Å²) in [5.41, 5.74) is 0.499. The van der Waals surface area contributed by atoms with Crippen LogP contribution < -0.4 is 5.56 Å². The molecule has 4 nitrogen and oxygen atoms in total. The second-order valence-electron chi connectivity index (χ2n) is 4.83. The molecule has 0 aliphatic heterocycles. The van der Waals surface area contributed by atoms with Crippen LogP contribution in [0.4, 0.5) is 0 Å². The van der Waals surface area contributed by atoms with E-state index in [1.54, 1.807) is 7.11 Å². The van der Waals surface area contributed by atoms with E-state index < -0.39 is 0 Å². The zero-order chi connectivity index (χ0) is 13.2. The zero-order valence-corrected chi connectivity index (χ0v) is 13.0. The number of aromatic nitrogens is 2. The highest BCUT2D eigenvalue weighted by Crippen LogP contribution is 2.39. The Morgan fingerprint density at radius 3 is 2.67 bits per heavy atom. The van der Waals surface area contributed by atoms with Gasteiger partial charge in [0.1, 0.15) is 11.4 Å². The summed E-state index contributed by atoms with van der Waals surface area (Å²) >= 11 is 2.08. The summed E-state index contributed by atoms with van der Waals surface area (Å²) in [4.78, 5) is 19.6. The number of H-pyrrole nitrogens is 1. The molecule has 18 heavy (non-hydrogen) atoms. The molecule has 0 spiro atoms. The third-order valence-electron chi connectivity index (χ3n) is 3.65. The minimum Gasteiger partial charge on any atom is -0.370 e. The monoisotopic (exact) mass is 362 g/mol. The average molecular weight is 362 g/mol. The van der Waals surface area contributed by atoms with Crippen LogP contribution in [0, 0.1) is 3.57 Å². The molecule has 1 aromatic rings. The normalized spacial score (nSPS) is 18.2. The predicted octanol–water partition coefficient (Wildman–Crippen LogP) is 2.74. The second kappa shape index (κ2) is 5.69. The Kier molecular flexibility index (Phi) is 4.42. The lowest BCUT2D eigenvalue weighted by molar-refractivity contribution is -0.0167. The lowest BCUT2D eigenvalue weighted by atomic mass is 10.0. The Labute approximate surface area is 121 Å². The summed E-state index contributed by atoms with van der Waals surface area (Å²) in [6.45, 7) is 2.10. The summed E-state index contributed by atoms with van der Waals surface area (Å²) < 4.78 is 6.39. The van der Waals surface area contributed by atoms with Crippen LogP contribution in [-0.4, -0.2) is 17.1 Å². The van der Waals surface area contributed by atoms with Gasteiger partial charge in [0.05, 0.1) is 9.26 Å². The molecule has 1 aliphatic carbocycles. The smallest absolute Gasteiger partial charge is 0.264 e. The first-order chi connectivity index (χ1) is 8.63. The number of ether oxygens (including phenoxy) is 1. The van der Waals surface area contributed by atoms with E-state index in [-0.39, 0.29) is 11.2 Å². The van der Waals surface area contributed by atoms with Gasteiger partial charge in [-0.3, -0.25) is 4.79 Å². The topological polar surface area (TPSA) is 55.0 Å². The largest absolute Gasteiger partial charge is 0.370 e. The molecule has 2 rings (SSSR count). The summed E-state index contributed by atoms with van der Waals surface area (Å²) in [6.07, 6.45) is 5.98. The van der Waals surface area contributed by atoms with Crippen molar-refractivity contribution in [2.45, 2.75) is 51.0 Å². The lowest BCUT2D eigenvalue weighted by Gasteiger charge is -2.26. The van der Waals surface area contributed by atoms with E-state index in [1.807, 2.05) is 0 Å². The second-order valence-corrected chi connectivity index (χ2v) is 5.91. The van der Waals surface area contributed by atoms with E-state index in [1.165, 1.54) is 0 Å². The summed E-state index contributed by atoms with van der Waals surface area (Å²) in [7, 11) is 1.71. The van der Waals surface area contributed by atoms with Crippen molar-refractivity contribution in [1.82, 2.24) is 9.97 Å². The molecule has 0 amide bonds. The number of aryl methyl sites for hydroxylation is 1. The van der Waals surface area contributed by atoms with Crippen molar-refractivity contribution in [2.24, 2.45) is 0 Å². The minimum absolute atomic E-state index is 0.0348. The Bertz CT molecular complexity index is 478. The first-order valence-electron chi connectivity index (χ1n) is 6.47. The Balaban J connectivity index is 2.47. The van der Waals surface area contributed by atoms with E-state index in [0.717, 1.165) is 50.0 Å². The molecule has 0 radical (unpaired) electrons. The maximum Gasteiger partial charge on any atom is 0.264 e. The third kappa shape index (κ3) is 2.47. The molecule has 5 heteroatoms. The molecular weight excluding hydrogens is 343 g/mol. The number of nitrogens with zero attached hydrogens (tertiary/aromatic N) is 1. The third-order valence-corrected chi connectivity index (χ3v) is 4.76. The Morgan fingerprint density at radius 1 is 1.44 bits per heavy atom. The van der Waals surface area contributed by atoms with Crippen LogP contribution >= 0.6 is 22.6 Å². The Morgan fingerprint density at radius 2 is 2.11 bits per heavy atom. The fraction of sp³-hybridized carbons (Fsp3) is 0.692. The first-order valence-corrected chi connectivity index (χ1v) is 7.55. The van der Waals surface area contributed by atoms with Crippen LogP contribution in [0.3, 0.4) is 0 Å². The highest BCUT2D eigenvalue weighted by atomic mass is 127. The van der Waals surface area contributed by atoms with Crippen LogP contribution in [0.2, 0.25) is 0 Å². The number of hydrogen-bond acceptors (Lipinski definition) is 3. The van der Waals surface area contributed by atoms with Crippen LogP contribution in [0.1, 0.15) is 50.5 Å². The molecule has 0 unspecified atom stereocenters. The number of nitrogens with one attached hydrogen (secondary N) is 1. The van der Waals surface area contributed by atoms with Crippen molar-refractivity contribution < 1.29 is 4.74 Å². The van der Waals surface area contributed by atoms with Gasteiger partial charge >= 0.3 is 0 Å². The van der Waals surface area contributed by atoms with Crippen molar-refractivity contribution >= 4 is 22.6 Å². The van der Waals surface area contributed by atoms with Crippen molar-refractivity contribution in [1.29, 1.82) is 0 Å². The van der Waals surface area contributed by atoms with Gasteiger partial charge in [-0.2, -0.15) is 0 Å². The fourth-order valence-electron chi connectivity index (χ4n) is 2.61. The number of aromatic amines is 1. The van der Waals surface area contributed by atoms with Gasteiger partial charge in [0, 0.05) is 7.11 Å². The number of halogens is 1. The molecule has 0 atom stereocenters. The van der Waals surface area contributed by atoms with Crippen molar-refractivity contribution in [3.05, 3.63) is 25.4 Å². The highest BCUT2D eigenvalue weighted by molar-refractivity contribution is 14.1. The molecule has 0 aromatic carbocycles. The number of methoxy groups -OCH3 is 1. The van der Waals surface area contributed by atoms with Gasteiger partial charge < -0.3 is 9.72 Å². The molecule has 100 valence electrons. The molecule has 0 bridgehead atoms. The molecule has 0 saturated heterocycles. The molecule has 1 fully saturated rings. The number of rotatable bonds is 4. The quantitative estimate of drug-likeness (QED) is 0.838. The van der Waals surface area contributed by atoms with Gasteiger partial charge in [0.25, 0.3) is 5.56 Å². The lowest BCUT2D eigenvalue weighted by Crippen LogP contribution is -2.32. The van der Waals surface area contributed by atoms with E-state index in [2.05, 4.69) is 39.5 Å². The molecule has 1 heterocycles. The van der Waals surface area contributed by atoms with Gasteiger partial charge in [-0.25, -0.2) is 4.98 Å². The van der Waals surface area contributed by atoms with Crippen molar-refractivity contribution in [3.8, 4) is 0 Å². The molecular formula is C13H19IN2O2. The van der Waals surface area contributed by atoms with Gasteiger partial charge in [0.15, 0.2) is 0 Å². The van der Waals surface area contributed by atoms with Gasteiger partial charge in [-0.15, -0.1) is 0 Å². The predicted molar refractivity (Wildman–Crippen MR) is 78.7 cm³/mol. The van der Waals surface area contributed by atoms with E-state index in [0.29, 0.717) is 3.57 Å². The van der Waals surface area contributed by atoms with E-state index in [4.69, 9.17) is 4.74 Å². The fourth-order valence-corrected chi connectivity index (χ4v) is 3.13. The van der Waals surface area contributed by atoms with Gasteiger partial charge in [-0.05, 0) is 54.7 Å². The standard InChI is InChI=1S/C13H19IN2O2/c1-3-6-9-10(14)11(17)16-12(15-9)13(18-2)7-4-5-8-13/h3-8H2,1-2H3,(H,15,16,17). The van der Waals surface area contributed by atoms with Crippen LogP contribution in [-0.2, 0) is 16.8 Å². The van der Waals surface area contributed by atoms with Gasteiger partial charge in [-0.1, -0.05) is 13.3 Å². The molecule has 1 saturated carbocycles. The first kappa shape index (κ1) is 14.0. The molecule has 1 aliphatic rings. The van der Waals surface area contributed by atoms with Crippen molar-refractivity contribution in [2.75, 3.05) is 7.11 Å². The maximum absolute atomic E-state index is 12.0. The minimum atomic E-state index is -0.369. The van der Waals surface area contributed by atoms with Crippen LogP contribution in [0.15, 0.2) is 4.79 Å². The van der Waals surface area contributed by atoms with E-state index in [9.17, 15) is 4.79 Å². The molecule has 1 N–H and O–H groups in total. The maximum atomic E-state index is 12.0. The average Bonchev–Trinajstić information content (AvgIpc) is 2.85. The van der Waals surface area contributed by atoms with Crippen LogP contribution in [0.25, 0.3) is 0 Å². The SMILES string of the molecule is CCCc1nc(C2(OC)CCCC2)[nH]c(=O)c1I. The molecule has 1 aromatic heterocycles. The van der Waals surface area contributed by atoms with Crippen LogP contribution in [0.5, 0.6) is 0 Å². The highest BCUT2D eigenvalue weighted by Gasteiger charge is 2.38.